The van der Waals surface area contributed by atoms with Crippen LogP contribution in [0.4, 0.5) is 11.5 Å². The number of amides is 1. The van der Waals surface area contributed by atoms with Crippen LogP contribution in [0.2, 0.25) is 0 Å². The Hall–Kier alpha value is -3.01. The first-order valence-electron chi connectivity index (χ1n) is 8.15. The molecule has 0 bridgehead atoms. The van der Waals surface area contributed by atoms with E-state index < -0.39 is 27.8 Å². The van der Waals surface area contributed by atoms with Crippen LogP contribution >= 0.6 is 0 Å². The maximum absolute atomic E-state index is 12.3. The fourth-order valence-corrected chi connectivity index (χ4v) is 4.35. The standard InChI is InChI=1S/C17H18N4O5S/c1-26-17(23)11-2-4-12(5-3-11)20-15-8-14(18-10-19-15)16(22)21-13-6-7-27(24,25)9-13/h2-5,8,10,13H,6-7,9H2,1H3,(H,21,22)(H,18,19,20). The first-order valence-corrected chi connectivity index (χ1v) is 9.97. The minimum Gasteiger partial charge on any atom is -0.465 e. The van der Waals surface area contributed by atoms with Crippen LogP contribution in [0.25, 0.3) is 0 Å². The zero-order chi connectivity index (χ0) is 19.4. The number of anilines is 2. The van der Waals surface area contributed by atoms with Crippen LogP contribution in [0, 0.1) is 0 Å². The van der Waals surface area contributed by atoms with E-state index in [1.807, 2.05) is 0 Å². The maximum Gasteiger partial charge on any atom is 0.337 e. The van der Waals surface area contributed by atoms with Crippen molar-refractivity contribution in [1.29, 1.82) is 0 Å². The number of esters is 1. The molecule has 1 unspecified atom stereocenters. The number of ether oxygens (including phenoxy) is 1. The van der Waals surface area contributed by atoms with E-state index in [0.717, 1.165) is 0 Å². The van der Waals surface area contributed by atoms with E-state index in [4.69, 9.17) is 0 Å². The molecule has 2 heterocycles. The number of carbonyl (C=O) groups is 2. The molecule has 2 aromatic rings. The number of aromatic nitrogens is 2. The van der Waals surface area contributed by atoms with Gasteiger partial charge in [0.25, 0.3) is 5.91 Å². The number of benzene rings is 1. The Morgan fingerprint density at radius 2 is 1.93 bits per heavy atom. The molecule has 2 N–H and O–H groups in total. The lowest BCUT2D eigenvalue weighted by molar-refractivity contribution is 0.0600. The molecular formula is C17H18N4O5S. The van der Waals surface area contributed by atoms with Gasteiger partial charge in [-0.1, -0.05) is 0 Å². The highest BCUT2D eigenvalue weighted by Crippen LogP contribution is 2.17. The molecule has 1 atom stereocenters. The third-order valence-corrected chi connectivity index (χ3v) is 5.81. The number of nitrogens with zero attached hydrogens (tertiary/aromatic N) is 2. The molecule has 1 aliphatic rings. The summed E-state index contributed by atoms with van der Waals surface area (Å²) in [6, 6.07) is 7.62. The molecule has 0 aliphatic carbocycles. The molecule has 1 fully saturated rings. The summed E-state index contributed by atoms with van der Waals surface area (Å²) in [6.45, 7) is 0. The summed E-state index contributed by atoms with van der Waals surface area (Å²) in [7, 11) is -1.77. The van der Waals surface area contributed by atoms with Gasteiger partial charge in [0, 0.05) is 17.8 Å². The van der Waals surface area contributed by atoms with Crippen LogP contribution in [-0.4, -0.2) is 54.9 Å². The molecule has 3 rings (SSSR count). The normalized spacial score (nSPS) is 17.9. The Balaban J connectivity index is 1.66. The summed E-state index contributed by atoms with van der Waals surface area (Å²) in [5, 5.41) is 5.69. The molecule has 1 aromatic heterocycles. The number of nitrogens with one attached hydrogen (secondary N) is 2. The largest absolute Gasteiger partial charge is 0.465 e. The number of hydrogen-bond acceptors (Lipinski definition) is 8. The third-order valence-electron chi connectivity index (χ3n) is 4.05. The van der Waals surface area contributed by atoms with Gasteiger partial charge < -0.3 is 15.4 Å². The highest BCUT2D eigenvalue weighted by molar-refractivity contribution is 7.91. The van der Waals surface area contributed by atoms with Gasteiger partial charge in [-0.3, -0.25) is 4.79 Å². The molecule has 27 heavy (non-hydrogen) atoms. The number of rotatable bonds is 5. The molecule has 1 aliphatic heterocycles. The Morgan fingerprint density at radius 1 is 1.19 bits per heavy atom. The van der Waals surface area contributed by atoms with Crippen molar-refractivity contribution in [3.8, 4) is 0 Å². The summed E-state index contributed by atoms with van der Waals surface area (Å²) in [5.41, 5.74) is 1.20. The second kappa shape index (κ2) is 7.70. The SMILES string of the molecule is COC(=O)c1ccc(Nc2cc(C(=O)NC3CCS(=O)(=O)C3)ncn2)cc1. The predicted octanol–water partition coefficient (Wildman–Crippen LogP) is 0.924. The van der Waals surface area contributed by atoms with E-state index >= 15 is 0 Å². The maximum atomic E-state index is 12.3. The highest BCUT2D eigenvalue weighted by atomic mass is 32.2. The Bertz CT molecular complexity index is 960. The first-order chi connectivity index (χ1) is 12.9. The third kappa shape index (κ3) is 4.79. The van der Waals surface area contributed by atoms with Gasteiger partial charge in [-0.25, -0.2) is 23.2 Å². The Morgan fingerprint density at radius 3 is 2.56 bits per heavy atom. The molecular weight excluding hydrogens is 372 g/mol. The monoisotopic (exact) mass is 390 g/mol. The van der Waals surface area contributed by atoms with Crippen molar-refractivity contribution in [2.45, 2.75) is 12.5 Å². The number of carbonyl (C=O) groups excluding carboxylic acids is 2. The van der Waals surface area contributed by atoms with E-state index in [0.29, 0.717) is 23.5 Å². The van der Waals surface area contributed by atoms with Crippen molar-refractivity contribution < 1.29 is 22.7 Å². The molecule has 10 heteroatoms. The second-order valence-corrected chi connectivity index (χ2v) is 8.28. The summed E-state index contributed by atoms with van der Waals surface area (Å²) < 4.78 is 27.6. The van der Waals surface area contributed by atoms with Crippen LogP contribution in [0.5, 0.6) is 0 Å². The quantitative estimate of drug-likeness (QED) is 0.722. The summed E-state index contributed by atoms with van der Waals surface area (Å²) in [6.07, 6.45) is 1.64. The minimum absolute atomic E-state index is 0.0541. The van der Waals surface area contributed by atoms with Gasteiger partial charge in [-0.15, -0.1) is 0 Å². The smallest absolute Gasteiger partial charge is 0.337 e. The number of sulfone groups is 1. The van der Waals surface area contributed by atoms with Gasteiger partial charge in [-0.05, 0) is 30.7 Å². The van der Waals surface area contributed by atoms with Crippen LogP contribution in [0.3, 0.4) is 0 Å². The van der Waals surface area contributed by atoms with E-state index in [-0.39, 0.29) is 17.2 Å². The number of hydrogen-bond donors (Lipinski definition) is 2. The highest BCUT2D eigenvalue weighted by Gasteiger charge is 2.29. The van der Waals surface area contributed by atoms with Crippen molar-refractivity contribution in [3.63, 3.8) is 0 Å². The average molecular weight is 390 g/mol. The van der Waals surface area contributed by atoms with Gasteiger partial charge in [0.05, 0.1) is 24.2 Å². The zero-order valence-corrected chi connectivity index (χ0v) is 15.3. The molecule has 1 aromatic carbocycles. The fraction of sp³-hybridized carbons (Fsp3) is 0.294. The molecule has 1 amide bonds. The van der Waals surface area contributed by atoms with E-state index in [1.165, 1.54) is 19.5 Å². The van der Waals surface area contributed by atoms with Crippen molar-refractivity contribution in [1.82, 2.24) is 15.3 Å². The van der Waals surface area contributed by atoms with Crippen molar-refractivity contribution in [2.24, 2.45) is 0 Å². The van der Waals surface area contributed by atoms with Crippen molar-refractivity contribution >= 4 is 33.2 Å². The van der Waals surface area contributed by atoms with E-state index in [2.05, 4.69) is 25.3 Å². The van der Waals surface area contributed by atoms with Gasteiger partial charge in [-0.2, -0.15) is 0 Å². The molecule has 0 radical (unpaired) electrons. The summed E-state index contributed by atoms with van der Waals surface area (Å²) in [5.74, 6) is -0.475. The summed E-state index contributed by atoms with van der Waals surface area (Å²) >= 11 is 0. The fourth-order valence-electron chi connectivity index (χ4n) is 2.67. The predicted molar refractivity (Wildman–Crippen MR) is 97.6 cm³/mol. The van der Waals surface area contributed by atoms with Gasteiger partial charge >= 0.3 is 5.97 Å². The average Bonchev–Trinajstić information content (AvgIpc) is 3.00. The van der Waals surface area contributed by atoms with Crippen LogP contribution < -0.4 is 10.6 Å². The van der Waals surface area contributed by atoms with Crippen molar-refractivity contribution in [3.05, 3.63) is 47.9 Å². The second-order valence-electron chi connectivity index (χ2n) is 6.06. The van der Waals surface area contributed by atoms with Gasteiger partial charge in [0.15, 0.2) is 9.84 Å². The first kappa shape index (κ1) is 18.8. The van der Waals surface area contributed by atoms with Crippen LogP contribution in [0.1, 0.15) is 27.3 Å². The number of methoxy groups -OCH3 is 1. The van der Waals surface area contributed by atoms with Gasteiger partial charge in [0.1, 0.15) is 17.8 Å². The van der Waals surface area contributed by atoms with E-state index in [9.17, 15) is 18.0 Å². The van der Waals surface area contributed by atoms with Gasteiger partial charge in [0.2, 0.25) is 0 Å². The molecule has 0 saturated carbocycles. The molecule has 0 spiro atoms. The van der Waals surface area contributed by atoms with Crippen molar-refractivity contribution in [2.75, 3.05) is 23.9 Å². The lowest BCUT2D eigenvalue weighted by Gasteiger charge is -2.11. The zero-order valence-electron chi connectivity index (χ0n) is 14.5. The molecule has 9 nitrogen and oxygen atoms in total. The van der Waals surface area contributed by atoms with Crippen LogP contribution in [-0.2, 0) is 14.6 Å². The lowest BCUT2D eigenvalue weighted by Crippen LogP contribution is -2.36. The summed E-state index contributed by atoms with van der Waals surface area (Å²) in [4.78, 5) is 31.7. The Labute approximate surface area is 156 Å². The lowest BCUT2D eigenvalue weighted by atomic mass is 10.2. The molecule has 142 valence electrons. The molecule has 1 saturated heterocycles. The van der Waals surface area contributed by atoms with E-state index in [1.54, 1.807) is 24.3 Å². The topological polar surface area (TPSA) is 127 Å². The Kier molecular flexibility index (Phi) is 5.36. The van der Waals surface area contributed by atoms with Crippen LogP contribution in [0.15, 0.2) is 36.7 Å². The minimum atomic E-state index is -3.08.